The van der Waals surface area contributed by atoms with Crippen molar-refractivity contribution in [1.82, 2.24) is 0 Å². The van der Waals surface area contributed by atoms with E-state index in [9.17, 15) is 5.11 Å². The van der Waals surface area contributed by atoms with Crippen LogP contribution in [0.4, 0.5) is 0 Å². The normalized spacial score (nSPS) is 41.2. The van der Waals surface area contributed by atoms with Crippen LogP contribution in [0.1, 0.15) is 52.9 Å². The van der Waals surface area contributed by atoms with Gasteiger partial charge in [0, 0.05) is 12.5 Å². The number of ether oxygens (including phenoxy) is 1. The van der Waals surface area contributed by atoms with E-state index in [2.05, 4.69) is 20.8 Å². The van der Waals surface area contributed by atoms with Crippen molar-refractivity contribution in [3.8, 4) is 0 Å². The molecule has 0 spiro atoms. The van der Waals surface area contributed by atoms with Gasteiger partial charge in [-0.05, 0) is 30.6 Å². The molecular weight excluding hydrogens is 200 g/mol. The molecule has 1 aliphatic carbocycles. The van der Waals surface area contributed by atoms with Crippen LogP contribution in [0.25, 0.3) is 0 Å². The lowest BCUT2D eigenvalue weighted by Crippen LogP contribution is -2.52. The lowest BCUT2D eigenvalue weighted by atomic mass is 9.59. The third-order valence-electron chi connectivity index (χ3n) is 4.61. The minimum atomic E-state index is -0.465. The van der Waals surface area contributed by atoms with Crippen LogP contribution < -0.4 is 0 Å². The van der Waals surface area contributed by atoms with Crippen LogP contribution in [-0.2, 0) is 4.74 Å². The zero-order chi connectivity index (χ0) is 11.8. The van der Waals surface area contributed by atoms with Gasteiger partial charge >= 0.3 is 0 Å². The van der Waals surface area contributed by atoms with Gasteiger partial charge in [-0.2, -0.15) is 0 Å². The minimum Gasteiger partial charge on any atom is -0.389 e. The summed E-state index contributed by atoms with van der Waals surface area (Å²) in [6.45, 7) is 8.41. The monoisotopic (exact) mass is 226 g/mol. The average molecular weight is 226 g/mol. The highest BCUT2D eigenvalue weighted by atomic mass is 16.5. The van der Waals surface area contributed by atoms with Crippen LogP contribution >= 0.6 is 0 Å². The minimum absolute atomic E-state index is 0.206. The lowest BCUT2D eigenvalue weighted by Gasteiger charge is -2.49. The third-order valence-corrected chi connectivity index (χ3v) is 4.61. The van der Waals surface area contributed by atoms with Gasteiger partial charge in [-0.3, -0.25) is 0 Å². The summed E-state index contributed by atoms with van der Waals surface area (Å²) in [5.74, 6) is 0.803. The van der Waals surface area contributed by atoms with E-state index in [0.29, 0.717) is 11.8 Å². The summed E-state index contributed by atoms with van der Waals surface area (Å²) >= 11 is 0. The van der Waals surface area contributed by atoms with Gasteiger partial charge < -0.3 is 9.84 Å². The van der Waals surface area contributed by atoms with E-state index in [1.165, 1.54) is 19.3 Å². The molecule has 94 valence electrons. The Kier molecular flexibility index (Phi) is 3.33. The standard InChI is InChI=1S/C14H26O2/c1-13(2,3)12-6-4-5-8-14(12,15)11-7-9-16-10-11/h11-12,15H,4-10H2,1-3H3. The van der Waals surface area contributed by atoms with Gasteiger partial charge in [-0.1, -0.05) is 33.6 Å². The lowest BCUT2D eigenvalue weighted by molar-refractivity contribution is -0.129. The largest absolute Gasteiger partial charge is 0.389 e. The van der Waals surface area contributed by atoms with Crippen LogP contribution in [0.3, 0.4) is 0 Å². The fraction of sp³-hybridized carbons (Fsp3) is 1.00. The van der Waals surface area contributed by atoms with Gasteiger partial charge in [-0.25, -0.2) is 0 Å². The maximum Gasteiger partial charge on any atom is 0.0731 e. The van der Waals surface area contributed by atoms with E-state index in [-0.39, 0.29) is 5.41 Å². The zero-order valence-electron chi connectivity index (χ0n) is 11.0. The number of aliphatic hydroxyl groups is 1. The quantitative estimate of drug-likeness (QED) is 0.745. The maximum absolute atomic E-state index is 11.1. The summed E-state index contributed by atoms with van der Waals surface area (Å²) < 4.78 is 5.48. The van der Waals surface area contributed by atoms with E-state index in [4.69, 9.17) is 4.74 Å². The average Bonchev–Trinajstić information content (AvgIpc) is 2.69. The highest BCUT2D eigenvalue weighted by Crippen LogP contribution is 2.49. The smallest absolute Gasteiger partial charge is 0.0731 e. The van der Waals surface area contributed by atoms with Crippen molar-refractivity contribution in [3.05, 3.63) is 0 Å². The molecule has 0 amide bonds. The Morgan fingerprint density at radius 3 is 2.50 bits per heavy atom. The molecule has 2 heteroatoms. The van der Waals surface area contributed by atoms with Crippen molar-refractivity contribution in [2.75, 3.05) is 13.2 Å². The van der Waals surface area contributed by atoms with Crippen molar-refractivity contribution in [3.63, 3.8) is 0 Å². The molecule has 2 aliphatic rings. The maximum atomic E-state index is 11.1. The topological polar surface area (TPSA) is 29.5 Å². The molecule has 0 radical (unpaired) electrons. The molecule has 2 nitrogen and oxygen atoms in total. The van der Waals surface area contributed by atoms with Gasteiger partial charge in [0.25, 0.3) is 0 Å². The fourth-order valence-corrected chi connectivity index (χ4v) is 3.78. The summed E-state index contributed by atoms with van der Waals surface area (Å²) in [4.78, 5) is 0. The molecule has 0 aromatic carbocycles. The van der Waals surface area contributed by atoms with E-state index in [1.807, 2.05) is 0 Å². The molecular formula is C14H26O2. The molecule has 1 N–H and O–H groups in total. The third kappa shape index (κ3) is 2.14. The molecule has 0 bridgehead atoms. The molecule has 1 aliphatic heterocycles. The molecule has 2 fully saturated rings. The Hall–Kier alpha value is -0.0800. The van der Waals surface area contributed by atoms with E-state index >= 15 is 0 Å². The highest BCUT2D eigenvalue weighted by molar-refractivity contribution is 5.00. The Bertz CT molecular complexity index is 238. The van der Waals surface area contributed by atoms with Crippen LogP contribution in [0.5, 0.6) is 0 Å². The molecule has 1 saturated heterocycles. The SMILES string of the molecule is CC(C)(C)C1CCCCC1(O)C1CCOC1. The van der Waals surface area contributed by atoms with Gasteiger partial charge in [0.1, 0.15) is 0 Å². The Labute approximate surface area is 99.4 Å². The molecule has 0 aromatic heterocycles. The molecule has 2 rings (SSSR count). The molecule has 1 saturated carbocycles. The van der Waals surface area contributed by atoms with Gasteiger partial charge in [0.2, 0.25) is 0 Å². The molecule has 3 atom stereocenters. The summed E-state index contributed by atoms with van der Waals surface area (Å²) in [6, 6.07) is 0. The number of rotatable bonds is 1. The van der Waals surface area contributed by atoms with Gasteiger partial charge in [0.05, 0.1) is 12.2 Å². The molecule has 16 heavy (non-hydrogen) atoms. The first-order valence-electron chi connectivity index (χ1n) is 6.75. The zero-order valence-corrected chi connectivity index (χ0v) is 11.0. The predicted molar refractivity (Wildman–Crippen MR) is 65.3 cm³/mol. The van der Waals surface area contributed by atoms with Crippen LogP contribution in [0.15, 0.2) is 0 Å². The highest BCUT2D eigenvalue weighted by Gasteiger charge is 2.50. The summed E-state index contributed by atoms with van der Waals surface area (Å²) in [5.41, 5.74) is -0.259. The Morgan fingerprint density at radius 2 is 1.94 bits per heavy atom. The van der Waals surface area contributed by atoms with Crippen LogP contribution in [0.2, 0.25) is 0 Å². The molecule has 1 heterocycles. The summed E-state index contributed by atoms with van der Waals surface area (Å²) in [5, 5.41) is 11.1. The van der Waals surface area contributed by atoms with Gasteiger partial charge in [-0.15, -0.1) is 0 Å². The Morgan fingerprint density at radius 1 is 1.19 bits per heavy atom. The van der Waals surface area contributed by atoms with E-state index in [0.717, 1.165) is 26.1 Å². The van der Waals surface area contributed by atoms with Crippen molar-refractivity contribution >= 4 is 0 Å². The van der Waals surface area contributed by atoms with Crippen LogP contribution in [0, 0.1) is 17.3 Å². The summed E-state index contributed by atoms with van der Waals surface area (Å²) in [7, 11) is 0. The second-order valence-electron chi connectivity index (χ2n) is 6.72. The van der Waals surface area contributed by atoms with Crippen molar-refractivity contribution in [1.29, 1.82) is 0 Å². The van der Waals surface area contributed by atoms with Crippen molar-refractivity contribution < 1.29 is 9.84 Å². The predicted octanol–water partition coefficient (Wildman–Crippen LogP) is 2.99. The van der Waals surface area contributed by atoms with E-state index < -0.39 is 5.60 Å². The number of hydrogen-bond acceptors (Lipinski definition) is 2. The first-order chi connectivity index (χ1) is 7.44. The number of hydrogen-bond donors (Lipinski definition) is 1. The van der Waals surface area contributed by atoms with Gasteiger partial charge in [0.15, 0.2) is 0 Å². The second-order valence-corrected chi connectivity index (χ2v) is 6.72. The summed E-state index contributed by atoms with van der Waals surface area (Å²) in [6.07, 6.45) is 5.65. The molecule has 0 aromatic rings. The van der Waals surface area contributed by atoms with Crippen LogP contribution in [-0.4, -0.2) is 23.9 Å². The first kappa shape index (κ1) is 12.4. The molecule has 3 unspecified atom stereocenters. The second kappa shape index (κ2) is 4.30. The first-order valence-corrected chi connectivity index (χ1v) is 6.75. The van der Waals surface area contributed by atoms with Crippen molar-refractivity contribution in [2.24, 2.45) is 17.3 Å². The van der Waals surface area contributed by atoms with Crippen molar-refractivity contribution in [2.45, 2.75) is 58.5 Å². The van der Waals surface area contributed by atoms with E-state index in [1.54, 1.807) is 0 Å². The fourth-order valence-electron chi connectivity index (χ4n) is 3.78. The Balaban J connectivity index is 2.19.